The van der Waals surface area contributed by atoms with E-state index in [1.807, 2.05) is 0 Å². The van der Waals surface area contributed by atoms with Crippen molar-refractivity contribution in [1.29, 1.82) is 0 Å². The number of likely N-dealkylation sites (N-methyl/N-ethyl adjacent to an activating group) is 1. The summed E-state index contributed by atoms with van der Waals surface area (Å²) in [5, 5.41) is 1.75. The van der Waals surface area contributed by atoms with E-state index >= 15 is 0 Å². The summed E-state index contributed by atoms with van der Waals surface area (Å²) in [4.78, 5) is 4.01. The quantitative estimate of drug-likeness (QED) is 0.785. The highest BCUT2D eigenvalue weighted by Crippen LogP contribution is 2.25. The van der Waals surface area contributed by atoms with Crippen LogP contribution in [0.15, 0.2) is 16.3 Å². The van der Waals surface area contributed by atoms with E-state index in [0.717, 1.165) is 37.5 Å². The maximum Gasteiger partial charge on any atom is 0.262 e. The zero-order chi connectivity index (χ0) is 12.5. The molecule has 5 nitrogen and oxygen atoms in total. The first-order valence-electron chi connectivity index (χ1n) is 5.31. The van der Waals surface area contributed by atoms with Crippen LogP contribution in [0.4, 0.5) is 0 Å². The van der Waals surface area contributed by atoms with Crippen LogP contribution >= 0.6 is 22.9 Å². The normalized spacial score (nSPS) is 19.6. The average molecular weight is 297 g/mol. The van der Waals surface area contributed by atoms with E-state index in [-0.39, 0.29) is 4.21 Å². The molecule has 0 radical (unpaired) electrons. The number of hydrogen-bond donors (Lipinski definition) is 2. The van der Waals surface area contributed by atoms with Crippen molar-refractivity contribution in [1.82, 2.24) is 9.84 Å². The van der Waals surface area contributed by atoms with E-state index in [1.54, 1.807) is 11.1 Å². The Morgan fingerprint density at radius 3 is 2.59 bits per heavy atom. The summed E-state index contributed by atoms with van der Waals surface area (Å²) in [5.41, 5.74) is 0. The molecule has 96 valence electrons. The number of piperazine rings is 1. The zero-order valence-electron chi connectivity index (χ0n) is 9.44. The number of hydrazine groups is 1. The van der Waals surface area contributed by atoms with Crippen molar-refractivity contribution in [2.75, 3.05) is 33.2 Å². The van der Waals surface area contributed by atoms with Crippen LogP contribution in [-0.2, 0) is 10.0 Å². The molecule has 0 unspecified atom stereocenters. The van der Waals surface area contributed by atoms with E-state index in [4.69, 9.17) is 11.6 Å². The summed E-state index contributed by atoms with van der Waals surface area (Å²) in [7, 11) is -1.35. The maximum atomic E-state index is 12.0. The standard InChI is InChI=1S/C9H14ClN3O2S2/c1-12-4-6-13(7-5-12)11-17(14,15)9-3-2-8(10)16-9/h2-3,11H,4-7H2,1H3/p+1. The number of thiophene rings is 1. The lowest BCUT2D eigenvalue weighted by Gasteiger charge is -2.29. The van der Waals surface area contributed by atoms with E-state index in [9.17, 15) is 8.42 Å². The minimum Gasteiger partial charge on any atom is -0.335 e. The van der Waals surface area contributed by atoms with Gasteiger partial charge >= 0.3 is 0 Å². The van der Waals surface area contributed by atoms with Crippen LogP contribution in [-0.4, -0.2) is 46.7 Å². The lowest BCUT2D eigenvalue weighted by atomic mass is 10.4. The van der Waals surface area contributed by atoms with Crippen LogP contribution in [0.5, 0.6) is 0 Å². The van der Waals surface area contributed by atoms with Crippen molar-refractivity contribution < 1.29 is 13.3 Å². The molecule has 2 rings (SSSR count). The van der Waals surface area contributed by atoms with Gasteiger partial charge in [0.05, 0.1) is 37.6 Å². The summed E-state index contributed by atoms with van der Waals surface area (Å²) >= 11 is 6.80. The fourth-order valence-electron chi connectivity index (χ4n) is 1.64. The SMILES string of the molecule is C[NH+]1CCN(NS(=O)(=O)c2ccc(Cl)s2)CC1. The van der Waals surface area contributed by atoms with Gasteiger partial charge in [-0.3, -0.25) is 0 Å². The molecule has 2 heterocycles. The Hall–Kier alpha value is -0.180. The number of sulfonamides is 1. The number of nitrogens with one attached hydrogen (secondary N) is 2. The lowest BCUT2D eigenvalue weighted by molar-refractivity contribution is -0.884. The minimum absolute atomic E-state index is 0.258. The first kappa shape index (κ1) is 13.3. The monoisotopic (exact) mass is 296 g/mol. The molecule has 17 heavy (non-hydrogen) atoms. The van der Waals surface area contributed by atoms with Crippen molar-refractivity contribution in [3.63, 3.8) is 0 Å². The van der Waals surface area contributed by atoms with Crippen LogP contribution < -0.4 is 9.73 Å². The van der Waals surface area contributed by atoms with Gasteiger partial charge in [0.2, 0.25) is 0 Å². The molecule has 0 saturated carbocycles. The van der Waals surface area contributed by atoms with Gasteiger partial charge in [0, 0.05) is 0 Å². The van der Waals surface area contributed by atoms with Crippen molar-refractivity contribution in [2.45, 2.75) is 4.21 Å². The molecular formula is C9H15ClN3O2S2+. The predicted molar refractivity (Wildman–Crippen MR) is 67.8 cm³/mol. The van der Waals surface area contributed by atoms with Gasteiger partial charge in [-0.2, -0.15) is 0 Å². The number of halogens is 1. The first-order chi connectivity index (χ1) is 7.97. The van der Waals surface area contributed by atoms with Gasteiger partial charge < -0.3 is 4.90 Å². The Morgan fingerprint density at radius 2 is 2.06 bits per heavy atom. The van der Waals surface area contributed by atoms with Gasteiger partial charge in [-0.1, -0.05) is 11.6 Å². The maximum absolute atomic E-state index is 12.0. The highest BCUT2D eigenvalue weighted by Gasteiger charge is 2.23. The van der Waals surface area contributed by atoms with Crippen molar-refractivity contribution in [3.8, 4) is 0 Å². The Bertz CT molecular complexity index is 480. The number of hydrogen-bond acceptors (Lipinski definition) is 4. The van der Waals surface area contributed by atoms with E-state index < -0.39 is 10.0 Å². The van der Waals surface area contributed by atoms with Gasteiger partial charge in [-0.15, -0.1) is 16.2 Å². The molecular weight excluding hydrogens is 282 g/mol. The van der Waals surface area contributed by atoms with Crippen LogP contribution in [0.2, 0.25) is 4.34 Å². The summed E-state index contributed by atoms with van der Waals surface area (Å²) < 4.78 is 24.7. The van der Waals surface area contributed by atoms with Gasteiger partial charge in [0.15, 0.2) is 0 Å². The largest absolute Gasteiger partial charge is 0.335 e. The van der Waals surface area contributed by atoms with Crippen LogP contribution in [0.1, 0.15) is 0 Å². The second-order valence-corrected chi connectivity index (χ2v) is 7.70. The smallest absolute Gasteiger partial charge is 0.262 e. The van der Waals surface area contributed by atoms with Gasteiger partial charge in [-0.05, 0) is 12.1 Å². The molecule has 0 amide bonds. The average Bonchev–Trinajstić information content (AvgIpc) is 2.69. The third-order valence-corrected chi connectivity index (χ3v) is 5.78. The lowest BCUT2D eigenvalue weighted by Crippen LogP contribution is -3.12. The van der Waals surface area contributed by atoms with Crippen molar-refractivity contribution in [2.24, 2.45) is 0 Å². The van der Waals surface area contributed by atoms with E-state index in [1.165, 1.54) is 11.0 Å². The summed E-state index contributed by atoms with van der Waals surface area (Å²) in [6.07, 6.45) is 0. The molecule has 1 aliphatic rings. The molecule has 1 fully saturated rings. The molecule has 0 atom stereocenters. The van der Waals surface area contributed by atoms with Crippen molar-refractivity contribution >= 4 is 33.0 Å². The molecule has 0 spiro atoms. The van der Waals surface area contributed by atoms with Crippen LogP contribution in [0.3, 0.4) is 0 Å². The minimum atomic E-state index is -3.46. The topological polar surface area (TPSA) is 53.9 Å². The molecule has 8 heteroatoms. The van der Waals surface area contributed by atoms with Gasteiger partial charge in [0.1, 0.15) is 4.21 Å². The molecule has 0 bridgehead atoms. The molecule has 0 aliphatic carbocycles. The molecule has 1 saturated heterocycles. The second-order valence-electron chi connectivity index (χ2n) is 4.10. The van der Waals surface area contributed by atoms with Crippen molar-refractivity contribution in [3.05, 3.63) is 16.5 Å². The fraction of sp³-hybridized carbons (Fsp3) is 0.556. The van der Waals surface area contributed by atoms with Gasteiger partial charge in [0.25, 0.3) is 10.0 Å². The summed E-state index contributed by atoms with van der Waals surface area (Å²) in [6.45, 7) is 3.33. The Kier molecular flexibility index (Phi) is 4.06. The first-order valence-corrected chi connectivity index (χ1v) is 7.99. The molecule has 1 aromatic heterocycles. The molecule has 2 N–H and O–H groups in total. The third-order valence-electron chi connectivity index (χ3n) is 2.68. The number of nitrogens with zero attached hydrogens (tertiary/aromatic N) is 1. The van der Waals surface area contributed by atoms with E-state index in [0.29, 0.717) is 4.34 Å². The van der Waals surface area contributed by atoms with Crippen LogP contribution in [0, 0.1) is 0 Å². The summed E-state index contributed by atoms with van der Waals surface area (Å²) in [5.74, 6) is 0. The summed E-state index contributed by atoms with van der Waals surface area (Å²) in [6, 6.07) is 3.12. The molecule has 1 aliphatic heterocycles. The molecule has 0 aromatic carbocycles. The molecule has 1 aromatic rings. The Labute approximate surface area is 110 Å². The number of quaternary nitrogens is 1. The highest BCUT2D eigenvalue weighted by atomic mass is 35.5. The highest BCUT2D eigenvalue weighted by molar-refractivity contribution is 7.91. The Morgan fingerprint density at radius 1 is 1.41 bits per heavy atom. The van der Waals surface area contributed by atoms with E-state index in [2.05, 4.69) is 11.9 Å². The van der Waals surface area contributed by atoms with Gasteiger partial charge in [-0.25, -0.2) is 13.4 Å². The Balaban J connectivity index is 2.03. The predicted octanol–water partition coefficient (Wildman–Crippen LogP) is -0.575. The number of rotatable bonds is 3. The fourth-order valence-corrected chi connectivity index (χ4v) is 4.23. The zero-order valence-corrected chi connectivity index (χ0v) is 11.8. The third kappa shape index (κ3) is 3.40. The van der Waals surface area contributed by atoms with Crippen LogP contribution in [0.25, 0.3) is 0 Å². The second kappa shape index (κ2) is 5.21.